The maximum Gasteiger partial charge on any atom is 0.317 e. The number of sulfonamides is 1. The number of allylic oxidation sites excluding steroid dienone is 2. The van der Waals surface area contributed by atoms with Gasteiger partial charge in [-0.2, -0.15) is 4.31 Å². The molecule has 1 aromatic carbocycles. The summed E-state index contributed by atoms with van der Waals surface area (Å²) in [5.41, 5.74) is 6.28. The van der Waals surface area contributed by atoms with Crippen LogP contribution in [0.2, 0.25) is 0 Å². The molecule has 2 aliphatic heterocycles. The number of pyridine rings is 1. The van der Waals surface area contributed by atoms with Crippen LogP contribution in [-0.2, 0) is 21.2 Å². The molecule has 0 bridgehead atoms. The SMILES string of the molecule is O=C(NC1CCCC1)N1CC=C(C2=CCc3ncc(-c4cccc(S(=O)(=O)N5CCOCC5)c4)cc32)CC1. The van der Waals surface area contributed by atoms with Crippen LogP contribution >= 0.6 is 0 Å². The highest BCUT2D eigenvalue weighted by Gasteiger charge is 2.28. The van der Waals surface area contributed by atoms with Crippen molar-refractivity contribution in [1.82, 2.24) is 19.5 Å². The fourth-order valence-electron chi connectivity index (χ4n) is 5.87. The van der Waals surface area contributed by atoms with Crippen molar-refractivity contribution in [3.63, 3.8) is 0 Å². The summed E-state index contributed by atoms with van der Waals surface area (Å²) in [6.45, 7) is 2.88. The van der Waals surface area contributed by atoms with Crippen molar-refractivity contribution in [3.8, 4) is 11.1 Å². The van der Waals surface area contributed by atoms with Gasteiger partial charge in [0.25, 0.3) is 0 Å². The average Bonchev–Trinajstić information content (AvgIpc) is 3.63. The number of nitrogens with zero attached hydrogens (tertiary/aromatic N) is 3. The van der Waals surface area contributed by atoms with Crippen LogP contribution in [0, 0.1) is 0 Å². The lowest BCUT2D eigenvalue weighted by molar-refractivity contribution is 0.0730. The quantitative estimate of drug-likeness (QED) is 0.626. The standard InChI is InChI=1S/C29H34N4O4S/c34-29(31-24-5-1-2-6-24)32-12-10-21(11-13-32)26-8-9-28-27(26)19-23(20-30-28)22-4-3-7-25(18-22)38(35,36)33-14-16-37-17-15-33/h3-4,7-8,10,18-20,24H,1-2,5-6,9,11-17H2,(H,31,34). The maximum absolute atomic E-state index is 13.2. The maximum atomic E-state index is 13.2. The Balaban J connectivity index is 1.19. The molecule has 2 aliphatic carbocycles. The second-order valence-corrected chi connectivity index (χ2v) is 12.4. The number of ether oxygens (including phenoxy) is 1. The van der Waals surface area contributed by atoms with Crippen LogP contribution in [0.25, 0.3) is 16.7 Å². The predicted octanol–water partition coefficient (Wildman–Crippen LogP) is 3.99. The number of hydrogen-bond acceptors (Lipinski definition) is 5. The smallest absolute Gasteiger partial charge is 0.317 e. The van der Waals surface area contributed by atoms with E-state index in [1.807, 2.05) is 17.2 Å². The van der Waals surface area contributed by atoms with Gasteiger partial charge in [-0.05, 0) is 54.2 Å². The number of hydrogen-bond donors (Lipinski definition) is 1. The number of benzene rings is 1. The van der Waals surface area contributed by atoms with Crippen LogP contribution in [0.4, 0.5) is 4.79 Å². The van der Waals surface area contributed by atoms with E-state index in [9.17, 15) is 13.2 Å². The number of carbonyl (C=O) groups is 1. The number of morpholine rings is 1. The van der Waals surface area contributed by atoms with Crippen molar-refractivity contribution < 1.29 is 17.9 Å². The number of fused-ring (bicyclic) bond motifs is 1. The minimum atomic E-state index is -3.58. The minimum Gasteiger partial charge on any atom is -0.379 e. The number of nitrogens with one attached hydrogen (secondary N) is 1. The van der Waals surface area contributed by atoms with Crippen LogP contribution in [-0.4, -0.2) is 74.1 Å². The van der Waals surface area contributed by atoms with Crippen molar-refractivity contribution in [3.05, 3.63) is 65.5 Å². The third kappa shape index (κ3) is 5.02. The Morgan fingerprint density at radius 2 is 1.84 bits per heavy atom. The highest BCUT2D eigenvalue weighted by molar-refractivity contribution is 7.89. The van der Waals surface area contributed by atoms with Crippen LogP contribution in [0.1, 0.15) is 43.4 Å². The van der Waals surface area contributed by atoms with Gasteiger partial charge in [-0.25, -0.2) is 13.2 Å². The van der Waals surface area contributed by atoms with Crippen molar-refractivity contribution in [1.29, 1.82) is 0 Å². The Bertz CT molecular complexity index is 1390. The van der Waals surface area contributed by atoms with E-state index in [1.165, 1.54) is 28.3 Å². The molecule has 2 amide bonds. The molecule has 4 aliphatic rings. The first kappa shape index (κ1) is 25.3. The normalized spacial score (nSPS) is 20.7. The molecule has 200 valence electrons. The van der Waals surface area contributed by atoms with E-state index in [-0.39, 0.29) is 6.03 Å². The second-order valence-electron chi connectivity index (χ2n) is 10.4. The van der Waals surface area contributed by atoms with Crippen LogP contribution < -0.4 is 5.32 Å². The number of rotatable bonds is 5. The highest BCUT2D eigenvalue weighted by Crippen LogP contribution is 2.37. The van der Waals surface area contributed by atoms with Crippen molar-refractivity contribution in [2.45, 2.75) is 49.5 Å². The Labute approximate surface area is 224 Å². The summed E-state index contributed by atoms with van der Waals surface area (Å²) < 4.78 is 33.2. The summed E-state index contributed by atoms with van der Waals surface area (Å²) >= 11 is 0. The van der Waals surface area contributed by atoms with E-state index in [4.69, 9.17) is 9.72 Å². The Morgan fingerprint density at radius 1 is 1.03 bits per heavy atom. The molecule has 1 N–H and O–H groups in total. The molecule has 2 aromatic rings. The fraction of sp³-hybridized carbons (Fsp3) is 0.448. The lowest BCUT2D eigenvalue weighted by atomic mass is 9.94. The summed E-state index contributed by atoms with van der Waals surface area (Å²) in [4.78, 5) is 19.6. The van der Waals surface area contributed by atoms with Crippen LogP contribution in [0.5, 0.6) is 0 Å². The molecule has 1 saturated heterocycles. The molecule has 9 heteroatoms. The topological polar surface area (TPSA) is 91.8 Å². The van der Waals surface area contributed by atoms with Crippen molar-refractivity contribution in [2.75, 3.05) is 39.4 Å². The van der Waals surface area contributed by atoms with Gasteiger partial charge in [-0.15, -0.1) is 0 Å². The molecule has 0 spiro atoms. The lowest BCUT2D eigenvalue weighted by Crippen LogP contribution is -2.45. The number of urea groups is 1. The lowest BCUT2D eigenvalue weighted by Gasteiger charge is -2.28. The van der Waals surface area contributed by atoms with Gasteiger partial charge < -0.3 is 15.0 Å². The fourth-order valence-corrected chi connectivity index (χ4v) is 7.32. The Morgan fingerprint density at radius 3 is 2.61 bits per heavy atom. The molecule has 2 fully saturated rings. The summed E-state index contributed by atoms with van der Waals surface area (Å²) in [5, 5.41) is 3.19. The van der Waals surface area contributed by atoms with Gasteiger partial charge in [0.05, 0.1) is 23.8 Å². The summed E-state index contributed by atoms with van der Waals surface area (Å²) in [6.07, 6.45) is 12.4. The van der Waals surface area contributed by atoms with Crippen LogP contribution in [0.3, 0.4) is 0 Å². The number of aromatic nitrogens is 1. The monoisotopic (exact) mass is 534 g/mol. The first-order chi connectivity index (χ1) is 18.5. The van der Waals surface area contributed by atoms with Crippen LogP contribution in [0.15, 0.2) is 59.1 Å². The highest BCUT2D eigenvalue weighted by atomic mass is 32.2. The number of amides is 2. The van der Waals surface area contributed by atoms with Gasteiger partial charge in [0.15, 0.2) is 0 Å². The molecule has 3 heterocycles. The van der Waals surface area contributed by atoms with E-state index in [2.05, 4.69) is 23.5 Å². The molecule has 0 atom stereocenters. The Hall–Kier alpha value is -3.01. The average molecular weight is 535 g/mol. The molecule has 0 unspecified atom stereocenters. The van der Waals surface area contributed by atoms with Crippen molar-refractivity contribution >= 4 is 21.6 Å². The van der Waals surface area contributed by atoms with Gasteiger partial charge in [0, 0.05) is 56.0 Å². The predicted molar refractivity (Wildman–Crippen MR) is 146 cm³/mol. The van der Waals surface area contributed by atoms with E-state index < -0.39 is 10.0 Å². The molecular formula is C29H34N4O4S. The van der Waals surface area contributed by atoms with Gasteiger partial charge in [0.1, 0.15) is 0 Å². The van der Waals surface area contributed by atoms with E-state index in [0.29, 0.717) is 50.3 Å². The third-order valence-electron chi connectivity index (χ3n) is 8.06. The van der Waals surface area contributed by atoms with Gasteiger partial charge >= 0.3 is 6.03 Å². The molecule has 6 rings (SSSR count). The van der Waals surface area contributed by atoms with Crippen molar-refractivity contribution in [2.24, 2.45) is 0 Å². The molecule has 8 nitrogen and oxygen atoms in total. The summed E-state index contributed by atoms with van der Waals surface area (Å²) in [7, 11) is -3.58. The molecule has 1 aromatic heterocycles. The molecular weight excluding hydrogens is 500 g/mol. The third-order valence-corrected chi connectivity index (χ3v) is 9.95. The Kier molecular flexibility index (Phi) is 7.07. The second kappa shape index (κ2) is 10.6. The molecule has 1 saturated carbocycles. The summed E-state index contributed by atoms with van der Waals surface area (Å²) in [5.74, 6) is 0. The zero-order valence-electron chi connectivity index (χ0n) is 21.6. The zero-order chi connectivity index (χ0) is 26.1. The van der Waals surface area contributed by atoms with E-state index in [1.54, 1.807) is 18.2 Å². The van der Waals surface area contributed by atoms with Gasteiger partial charge in [-0.3, -0.25) is 4.98 Å². The molecule has 0 radical (unpaired) electrons. The van der Waals surface area contributed by atoms with Gasteiger partial charge in [0.2, 0.25) is 10.0 Å². The van der Waals surface area contributed by atoms with E-state index in [0.717, 1.165) is 48.1 Å². The van der Waals surface area contributed by atoms with Gasteiger partial charge in [-0.1, -0.05) is 37.1 Å². The first-order valence-electron chi connectivity index (χ1n) is 13.6. The first-order valence-corrected chi connectivity index (χ1v) is 15.1. The zero-order valence-corrected chi connectivity index (χ0v) is 22.4. The molecule has 38 heavy (non-hydrogen) atoms. The summed E-state index contributed by atoms with van der Waals surface area (Å²) in [6, 6.07) is 9.62. The van der Waals surface area contributed by atoms with E-state index >= 15 is 0 Å². The minimum absolute atomic E-state index is 0.0452. The number of carbonyl (C=O) groups excluding carboxylic acids is 1. The largest absolute Gasteiger partial charge is 0.379 e.